The van der Waals surface area contributed by atoms with Crippen molar-refractivity contribution in [2.75, 3.05) is 5.32 Å². The van der Waals surface area contributed by atoms with Gasteiger partial charge in [0.25, 0.3) is 0 Å². The largest absolute Gasteiger partial charge is 0.323 e. The van der Waals surface area contributed by atoms with Gasteiger partial charge in [0.1, 0.15) is 5.52 Å². The van der Waals surface area contributed by atoms with Gasteiger partial charge in [-0.15, -0.1) is 10.2 Å². The molecule has 0 bridgehead atoms. The Morgan fingerprint density at radius 3 is 2.31 bits per heavy atom. The van der Waals surface area contributed by atoms with Gasteiger partial charge in [-0.05, 0) is 72.9 Å². The van der Waals surface area contributed by atoms with Crippen LogP contribution >= 0.6 is 0 Å². The highest BCUT2D eigenvalue weighted by Gasteiger charge is 2.11. The van der Waals surface area contributed by atoms with Crippen molar-refractivity contribution >= 4 is 22.7 Å². The van der Waals surface area contributed by atoms with Crippen LogP contribution in [0.1, 0.15) is 18.1 Å². The van der Waals surface area contributed by atoms with E-state index in [0.29, 0.717) is 5.95 Å². The minimum absolute atomic E-state index is 0. The molecule has 0 atom stereocenters. The van der Waals surface area contributed by atoms with Crippen molar-refractivity contribution in [3.05, 3.63) is 71.5 Å². The summed E-state index contributed by atoms with van der Waals surface area (Å²) in [5.74, 6) is 0.478. The molecule has 26 heavy (non-hydrogen) atoms. The second-order valence-corrected chi connectivity index (χ2v) is 6.42. The van der Waals surface area contributed by atoms with Gasteiger partial charge in [-0.3, -0.25) is 4.98 Å². The number of benzene rings is 2. The van der Waals surface area contributed by atoms with Crippen LogP contribution in [-0.4, -0.2) is 20.2 Å². The van der Waals surface area contributed by atoms with Crippen LogP contribution in [0.25, 0.3) is 22.2 Å². The van der Waals surface area contributed by atoms with E-state index in [1.807, 2.05) is 12.1 Å². The number of nitrogens with zero attached hydrogens (tertiary/aromatic N) is 4. The molecule has 0 fully saturated rings. The molecule has 2 heterocycles. The van der Waals surface area contributed by atoms with E-state index in [9.17, 15) is 0 Å². The fourth-order valence-corrected chi connectivity index (χ4v) is 3.24. The second kappa shape index (κ2) is 6.52. The van der Waals surface area contributed by atoms with Gasteiger partial charge in [0.05, 0.1) is 5.52 Å². The first-order valence-corrected chi connectivity index (χ1v) is 8.50. The quantitative estimate of drug-likeness (QED) is 0.567. The minimum atomic E-state index is 0. The Morgan fingerprint density at radius 1 is 0.846 bits per heavy atom. The Morgan fingerprint density at radius 2 is 1.58 bits per heavy atom. The normalized spacial score (nSPS) is 10.9. The molecule has 0 spiro atoms. The van der Waals surface area contributed by atoms with E-state index in [4.69, 9.17) is 0 Å². The van der Waals surface area contributed by atoms with Gasteiger partial charge in [-0.25, -0.2) is 4.98 Å². The molecular weight excluding hydrogens is 322 g/mol. The van der Waals surface area contributed by atoms with Crippen LogP contribution in [0.5, 0.6) is 0 Å². The average Bonchev–Trinajstić information content (AvgIpc) is 2.63. The number of nitrogens with one attached hydrogen (secondary N) is 1. The van der Waals surface area contributed by atoms with E-state index in [1.165, 1.54) is 16.7 Å². The highest BCUT2D eigenvalue weighted by Crippen LogP contribution is 2.30. The topological polar surface area (TPSA) is 63.6 Å². The summed E-state index contributed by atoms with van der Waals surface area (Å²) in [5.41, 5.74) is 8.50. The molecule has 2 aromatic carbocycles. The van der Waals surface area contributed by atoms with Crippen LogP contribution in [0.15, 0.2) is 54.9 Å². The molecule has 4 rings (SSSR count). The fraction of sp³-hybridized carbons (Fsp3) is 0.143. The van der Waals surface area contributed by atoms with E-state index in [0.717, 1.165) is 27.8 Å². The molecule has 5 nitrogen and oxygen atoms in total. The van der Waals surface area contributed by atoms with Gasteiger partial charge < -0.3 is 5.32 Å². The first-order valence-electron chi connectivity index (χ1n) is 8.50. The van der Waals surface area contributed by atoms with Crippen LogP contribution in [0.4, 0.5) is 11.6 Å². The van der Waals surface area contributed by atoms with E-state index >= 15 is 0 Å². The Balaban J connectivity index is 0.00000210. The standard InChI is InChI=1S/C21H19N5.H2/c1-13-5-4-6-14(2)19(13)16-11-15(3)20-18(12-16)25-26-21(24-20)23-17-7-9-22-10-8-17;/h4-12H,1-3H3,(H,22,23,24,26);1H. The maximum Gasteiger partial charge on any atom is 0.247 e. The summed E-state index contributed by atoms with van der Waals surface area (Å²) < 4.78 is 0. The Kier molecular flexibility index (Phi) is 4.05. The molecule has 5 heteroatoms. The number of aromatic nitrogens is 4. The summed E-state index contributed by atoms with van der Waals surface area (Å²) in [6.07, 6.45) is 3.44. The van der Waals surface area contributed by atoms with Gasteiger partial charge in [0, 0.05) is 19.5 Å². The molecule has 0 saturated carbocycles. The summed E-state index contributed by atoms with van der Waals surface area (Å²) >= 11 is 0. The van der Waals surface area contributed by atoms with Crippen molar-refractivity contribution in [1.82, 2.24) is 20.2 Å². The number of rotatable bonds is 3. The number of anilines is 2. The molecule has 0 aliphatic rings. The highest BCUT2D eigenvalue weighted by atomic mass is 15.2. The fourth-order valence-electron chi connectivity index (χ4n) is 3.24. The third-order valence-corrected chi connectivity index (χ3v) is 4.46. The second-order valence-electron chi connectivity index (χ2n) is 6.42. The Bertz CT molecular complexity index is 1080. The van der Waals surface area contributed by atoms with Gasteiger partial charge in [-0.1, -0.05) is 18.2 Å². The highest BCUT2D eigenvalue weighted by molar-refractivity contribution is 5.86. The molecule has 130 valence electrons. The summed E-state index contributed by atoms with van der Waals surface area (Å²) in [7, 11) is 0. The van der Waals surface area contributed by atoms with Crippen LogP contribution in [-0.2, 0) is 0 Å². The summed E-state index contributed by atoms with van der Waals surface area (Å²) in [4.78, 5) is 8.65. The summed E-state index contributed by atoms with van der Waals surface area (Å²) in [5, 5.41) is 11.8. The molecule has 0 aliphatic carbocycles. The van der Waals surface area contributed by atoms with Crippen molar-refractivity contribution in [1.29, 1.82) is 0 Å². The van der Waals surface area contributed by atoms with Crippen LogP contribution in [0.3, 0.4) is 0 Å². The van der Waals surface area contributed by atoms with Crippen molar-refractivity contribution < 1.29 is 1.43 Å². The van der Waals surface area contributed by atoms with E-state index in [-0.39, 0.29) is 1.43 Å². The van der Waals surface area contributed by atoms with Crippen LogP contribution < -0.4 is 5.32 Å². The molecule has 2 aromatic heterocycles. The smallest absolute Gasteiger partial charge is 0.247 e. The maximum atomic E-state index is 4.64. The van der Waals surface area contributed by atoms with Crippen LogP contribution in [0.2, 0.25) is 0 Å². The van der Waals surface area contributed by atoms with Crippen molar-refractivity contribution in [3.63, 3.8) is 0 Å². The Labute approximate surface area is 153 Å². The molecule has 0 aliphatic heterocycles. The van der Waals surface area contributed by atoms with Crippen molar-refractivity contribution in [2.24, 2.45) is 0 Å². The molecular formula is C21H21N5. The molecule has 0 unspecified atom stereocenters. The van der Waals surface area contributed by atoms with E-state index in [2.05, 4.69) is 76.6 Å². The third-order valence-electron chi connectivity index (χ3n) is 4.46. The zero-order valence-corrected chi connectivity index (χ0v) is 15.0. The lowest BCUT2D eigenvalue weighted by atomic mass is 9.94. The van der Waals surface area contributed by atoms with E-state index < -0.39 is 0 Å². The predicted molar refractivity (Wildman–Crippen MR) is 107 cm³/mol. The number of fused-ring (bicyclic) bond motifs is 1. The zero-order valence-electron chi connectivity index (χ0n) is 15.0. The molecule has 4 aromatic rings. The van der Waals surface area contributed by atoms with Crippen molar-refractivity contribution in [2.45, 2.75) is 20.8 Å². The first kappa shape index (κ1) is 16.1. The maximum absolute atomic E-state index is 4.64. The van der Waals surface area contributed by atoms with Crippen molar-refractivity contribution in [3.8, 4) is 11.1 Å². The first-order chi connectivity index (χ1) is 12.6. The number of pyridine rings is 1. The van der Waals surface area contributed by atoms with Gasteiger partial charge >= 0.3 is 0 Å². The third kappa shape index (κ3) is 2.99. The lowest BCUT2D eigenvalue weighted by Crippen LogP contribution is -2.01. The van der Waals surface area contributed by atoms with Gasteiger partial charge in [-0.2, -0.15) is 0 Å². The monoisotopic (exact) mass is 343 g/mol. The summed E-state index contributed by atoms with van der Waals surface area (Å²) in [6, 6.07) is 14.3. The van der Waals surface area contributed by atoms with Gasteiger partial charge in [0.2, 0.25) is 5.95 Å². The van der Waals surface area contributed by atoms with Crippen LogP contribution in [0, 0.1) is 20.8 Å². The zero-order chi connectivity index (χ0) is 18.1. The molecule has 0 saturated heterocycles. The Hall–Kier alpha value is -3.34. The SMILES string of the molecule is Cc1cccc(C)c1-c1cc(C)c2nc(Nc3ccncc3)nnc2c1.[HH]. The predicted octanol–water partition coefficient (Wildman–Crippen LogP) is 5.00. The van der Waals surface area contributed by atoms with E-state index in [1.54, 1.807) is 12.4 Å². The summed E-state index contributed by atoms with van der Waals surface area (Å²) in [6.45, 7) is 6.32. The lowest BCUT2D eigenvalue weighted by Gasteiger charge is -2.12. The lowest BCUT2D eigenvalue weighted by molar-refractivity contribution is 1.03. The number of hydrogen-bond donors (Lipinski definition) is 1. The van der Waals surface area contributed by atoms with Gasteiger partial charge in [0.15, 0.2) is 0 Å². The minimum Gasteiger partial charge on any atom is -0.323 e. The number of hydrogen-bond acceptors (Lipinski definition) is 5. The molecule has 0 radical (unpaired) electrons. The molecule has 0 amide bonds. The average molecular weight is 343 g/mol. The number of aryl methyl sites for hydroxylation is 3. The molecule has 1 N–H and O–H groups in total.